The summed E-state index contributed by atoms with van der Waals surface area (Å²) in [7, 11) is 0. The van der Waals surface area contributed by atoms with E-state index >= 15 is 0 Å². The Bertz CT molecular complexity index is 963. The topological polar surface area (TPSA) is 106 Å². The van der Waals surface area contributed by atoms with Crippen molar-refractivity contribution >= 4 is 23.4 Å². The maximum absolute atomic E-state index is 12.5. The van der Waals surface area contributed by atoms with Crippen LogP contribution in [0.4, 0.5) is 5.95 Å². The van der Waals surface area contributed by atoms with E-state index in [0.29, 0.717) is 24.3 Å². The summed E-state index contributed by atoms with van der Waals surface area (Å²) in [6.45, 7) is 1.10. The Labute approximate surface area is 143 Å². The van der Waals surface area contributed by atoms with E-state index < -0.39 is 0 Å². The first-order chi connectivity index (χ1) is 12.1. The smallest absolute Gasteiger partial charge is 0.254 e. The number of nitrogen functional groups attached to an aromatic ring is 1. The van der Waals surface area contributed by atoms with Crippen molar-refractivity contribution in [3.63, 3.8) is 0 Å². The van der Waals surface area contributed by atoms with Crippen LogP contribution in [0.15, 0.2) is 42.5 Å². The predicted octanol–water partition coefficient (Wildman–Crippen LogP) is 0.550. The summed E-state index contributed by atoms with van der Waals surface area (Å²) < 4.78 is 1.67. The van der Waals surface area contributed by atoms with Crippen LogP contribution >= 0.6 is 0 Å². The van der Waals surface area contributed by atoms with Crippen LogP contribution in [-0.2, 0) is 4.79 Å². The fraction of sp³-hybridized carbons (Fsp3) is 0.176. The zero-order valence-electron chi connectivity index (χ0n) is 13.3. The van der Waals surface area contributed by atoms with Crippen molar-refractivity contribution in [1.82, 2.24) is 24.8 Å². The van der Waals surface area contributed by atoms with E-state index in [1.54, 1.807) is 21.5 Å². The van der Waals surface area contributed by atoms with E-state index in [1.807, 2.05) is 30.3 Å². The van der Waals surface area contributed by atoms with Crippen molar-refractivity contribution in [3.8, 4) is 11.3 Å². The van der Waals surface area contributed by atoms with Crippen molar-refractivity contribution in [2.24, 2.45) is 0 Å². The summed E-state index contributed by atoms with van der Waals surface area (Å²) in [5.41, 5.74) is 8.60. The predicted molar refractivity (Wildman–Crippen MR) is 91.7 cm³/mol. The van der Waals surface area contributed by atoms with Crippen LogP contribution < -0.4 is 11.1 Å². The van der Waals surface area contributed by atoms with Crippen molar-refractivity contribution in [3.05, 3.63) is 48.0 Å². The van der Waals surface area contributed by atoms with Gasteiger partial charge >= 0.3 is 0 Å². The third-order valence-electron chi connectivity index (χ3n) is 4.13. The van der Waals surface area contributed by atoms with Gasteiger partial charge in [0.1, 0.15) is 0 Å². The van der Waals surface area contributed by atoms with Gasteiger partial charge in [0.25, 0.3) is 5.91 Å². The fourth-order valence-corrected chi connectivity index (χ4v) is 2.92. The Morgan fingerprint density at radius 3 is 2.72 bits per heavy atom. The molecule has 1 aliphatic rings. The van der Waals surface area contributed by atoms with Crippen molar-refractivity contribution in [2.45, 2.75) is 0 Å². The van der Waals surface area contributed by atoms with Gasteiger partial charge in [-0.2, -0.15) is 4.98 Å². The Morgan fingerprint density at radius 2 is 1.96 bits per heavy atom. The summed E-state index contributed by atoms with van der Waals surface area (Å²) >= 11 is 0. The molecule has 0 atom stereocenters. The van der Waals surface area contributed by atoms with Crippen LogP contribution in [0.3, 0.4) is 0 Å². The van der Waals surface area contributed by atoms with Gasteiger partial charge in [0, 0.05) is 24.2 Å². The molecule has 25 heavy (non-hydrogen) atoms. The highest BCUT2D eigenvalue weighted by atomic mass is 16.2. The van der Waals surface area contributed by atoms with Gasteiger partial charge in [-0.15, -0.1) is 5.10 Å². The average Bonchev–Trinajstić information content (AvgIpc) is 3.01. The monoisotopic (exact) mass is 336 g/mol. The van der Waals surface area contributed by atoms with Crippen molar-refractivity contribution in [2.75, 3.05) is 25.4 Å². The Morgan fingerprint density at radius 1 is 1.16 bits per heavy atom. The van der Waals surface area contributed by atoms with E-state index in [1.165, 1.54) is 0 Å². The van der Waals surface area contributed by atoms with E-state index in [0.717, 1.165) is 11.3 Å². The highest BCUT2D eigenvalue weighted by molar-refractivity contribution is 5.97. The molecule has 8 heteroatoms. The molecular weight excluding hydrogens is 320 g/mol. The number of fused-ring (bicyclic) bond motifs is 1. The van der Waals surface area contributed by atoms with Crippen LogP contribution in [0, 0.1) is 0 Å². The van der Waals surface area contributed by atoms with Gasteiger partial charge < -0.3 is 16.0 Å². The minimum Gasteiger partial charge on any atom is -0.366 e. The van der Waals surface area contributed by atoms with Gasteiger partial charge in [0.15, 0.2) is 5.65 Å². The highest BCUT2D eigenvalue weighted by Crippen LogP contribution is 2.21. The number of hydrogen-bond acceptors (Lipinski definition) is 5. The lowest BCUT2D eigenvalue weighted by molar-refractivity contribution is -0.123. The van der Waals surface area contributed by atoms with Gasteiger partial charge in [0.05, 0.1) is 12.2 Å². The maximum Gasteiger partial charge on any atom is 0.254 e. The minimum absolute atomic E-state index is 0.0954. The van der Waals surface area contributed by atoms with Gasteiger partial charge in [-0.1, -0.05) is 18.2 Å². The molecule has 1 aliphatic heterocycles. The first-order valence-corrected chi connectivity index (χ1v) is 7.89. The molecule has 3 aromatic rings. The number of piperazine rings is 1. The minimum atomic E-state index is -0.149. The Kier molecular flexibility index (Phi) is 3.57. The molecule has 8 nitrogen and oxygen atoms in total. The number of nitrogens with two attached hydrogens (primary N) is 1. The van der Waals surface area contributed by atoms with E-state index in [2.05, 4.69) is 15.4 Å². The Balaban J connectivity index is 1.63. The molecule has 0 spiro atoms. The number of carbonyl (C=O) groups excluding carboxylic acids is 2. The third-order valence-corrected chi connectivity index (χ3v) is 4.13. The van der Waals surface area contributed by atoms with Crippen LogP contribution in [0.25, 0.3) is 16.9 Å². The number of anilines is 1. The second kappa shape index (κ2) is 5.90. The number of nitrogens with one attached hydrogen (secondary N) is 1. The second-order valence-electron chi connectivity index (χ2n) is 5.81. The molecule has 1 aromatic carbocycles. The van der Waals surface area contributed by atoms with Gasteiger partial charge in [-0.3, -0.25) is 9.59 Å². The number of nitrogens with zero attached hydrogens (tertiary/aromatic N) is 4. The molecule has 0 saturated carbocycles. The first-order valence-electron chi connectivity index (χ1n) is 7.89. The summed E-state index contributed by atoms with van der Waals surface area (Å²) in [4.78, 5) is 29.6. The number of carbonyl (C=O) groups is 2. The lowest BCUT2D eigenvalue weighted by Gasteiger charge is -2.26. The van der Waals surface area contributed by atoms with Gasteiger partial charge in [-0.25, -0.2) is 4.52 Å². The fourth-order valence-electron chi connectivity index (χ4n) is 2.92. The lowest BCUT2D eigenvalue weighted by atomic mass is 10.1. The molecule has 0 unspecified atom stereocenters. The molecule has 1 saturated heterocycles. The van der Waals surface area contributed by atoms with Crippen LogP contribution in [0.2, 0.25) is 0 Å². The summed E-state index contributed by atoms with van der Waals surface area (Å²) in [5.74, 6) is -0.0705. The summed E-state index contributed by atoms with van der Waals surface area (Å²) in [6, 6.07) is 12.8. The maximum atomic E-state index is 12.5. The van der Waals surface area contributed by atoms with E-state index in [-0.39, 0.29) is 24.3 Å². The van der Waals surface area contributed by atoms with Crippen LogP contribution in [0.1, 0.15) is 10.4 Å². The largest absolute Gasteiger partial charge is 0.366 e. The number of aromatic nitrogens is 3. The molecule has 1 fully saturated rings. The van der Waals surface area contributed by atoms with Crippen molar-refractivity contribution in [1.29, 1.82) is 0 Å². The average molecular weight is 336 g/mol. The molecule has 3 heterocycles. The van der Waals surface area contributed by atoms with Crippen LogP contribution in [0.5, 0.6) is 0 Å². The standard InChI is InChI=1S/C17H16N6O2/c18-17-20-14-3-1-2-13(23(14)21-17)11-4-6-12(7-5-11)16(25)22-9-8-19-15(24)10-22/h1-7H,8-10H2,(H2,18,21)(H,19,24). The molecule has 3 N–H and O–H groups in total. The third kappa shape index (κ3) is 2.78. The van der Waals surface area contributed by atoms with Crippen molar-refractivity contribution < 1.29 is 9.59 Å². The molecule has 0 aliphatic carbocycles. The zero-order chi connectivity index (χ0) is 17.4. The van der Waals surface area contributed by atoms with Gasteiger partial charge in [-0.05, 0) is 24.3 Å². The molecule has 0 radical (unpaired) electrons. The Hall–Kier alpha value is -3.42. The number of pyridine rings is 1. The number of hydrogen-bond donors (Lipinski definition) is 2. The highest BCUT2D eigenvalue weighted by Gasteiger charge is 2.22. The van der Waals surface area contributed by atoms with Gasteiger partial charge in [0.2, 0.25) is 11.9 Å². The molecule has 2 aromatic heterocycles. The SMILES string of the molecule is Nc1nc2cccc(-c3ccc(C(=O)N4CCNC(=O)C4)cc3)n2n1. The van der Waals surface area contributed by atoms with E-state index in [4.69, 9.17) is 5.73 Å². The number of rotatable bonds is 2. The zero-order valence-corrected chi connectivity index (χ0v) is 13.3. The quantitative estimate of drug-likeness (QED) is 0.711. The summed E-state index contributed by atoms with van der Waals surface area (Å²) in [5, 5.41) is 6.90. The first kappa shape index (κ1) is 15.1. The molecular formula is C17H16N6O2. The normalized spacial score (nSPS) is 14.6. The molecule has 2 amide bonds. The number of amides is 2. The van der Waals surface area contributed by atoms with Crippen LogP contribution in [-0.4, -0.2) is 50.9 Å². The molecule has 0 bridgehead atoms. The number of benzene rings is 1. The van der Waals surface area contributed by atoms with E-state index in [9.17, 15) is 9.59 Å². The second-order valence-corrected chi connectivity index (χ2v) is 5.81. The lowest BCUT2D eigenvalue weighted by Crippen LogP contribution is -2.49. The molecule has 4 rings (SSSR count). The molecule has 126 valence electrons. The summed E-state index contributed by atoms with van der Waals surface area (Å²) in [6.07, 6.45) is 0.